The van der Waals surface area contributed by atoms with Crippen LogP contribution < -0.4 is 11.5 Å². The summed E-state index contributed by atoms with van der Waals surface area (Å²) in [6.45, 7) is 1.81. The Morgan fingerprint density at radius 1 is 1.60 bits per heavy atom. The molecule has 0 heterocycles. The van der Waals surface area contributed by atoms with Gasteiger partial charge in [0, 0.05) is 24.2 Å². The summed E-state index contributed by atoms with van der Waals surface area (Å²) in [6, 6.07) is 2.30. The number of aryl methyl sites for hydroxylation is 1. The fraction of sp³-hybridized carbons (Fsp3) is 0.333. The van der Waals surface area contributed by atoms with E-state index < -0.39 is 16.7 Å². The van der Waals surface area contributed by atoms with Crippen LogP contribution in [-0.4, -0.2) is 16.6 Å². The number of phenolic OH excluding ortho intramolecular Hbond substituents is 1. The van der Waals surface area contributed by atoms with E-state index in [9.17, 15) is 15.2 Å². The SMILES string of the molecule is Cc1cc([C@H](N)CN)c(O)c([N+](=O)[O-])c1. The van der Waals surface area contributed by atoms with Gasteiger partial charge in [0.1, 0.15) is 0 Å². The fourth-order valence-electron chi connectivity index (χ4n) is 1.34. The van der Waals surface area contributed by atoms with Gasteiger partial charge in [0.05, 0.1) is 4.92 Å². The topological polar surface area (TPSA) is 115 Å². The molecule has 0 saturated carbocycles. The summed E-state index contributed by atoms with van der Waals surface area (Å²) in [6.07, 6.45) is 0. The van der Waals surface area contributed by atoms with Gasteiger partial charge in [0.2, 0.25) is 0 Å². The third kappa shape index (κ3) is 2.23. The van der Waals surface area contributed by atoms with E-state index >= 15 is 0 Å². The van der Waals surface area contributed by atoms with Crippen molar-refractivity contribution in [1.82, 2.24) is 0 Å². The normalized spacial score (nSPS) is 12.5. The highest BCUT2D eigenvalue weighted by atomic mass is 16.6. The average Bonchev–Trinajstić information content (AvgIpc) is 2.19. The summed E-state index contributed by atoms with van der Waals surface area (Å²) < 4.78 is 0. The average molecular weight is 211 g/mol. The molecule has 0 saturated heterocycles. The van der Waals surface area contributed by atoms with Gasteiger partial charge in [-0.3, -0.25) is 10.1 Å². The van der Waals surface area contributed by atoms with Gasteiger partial charge < -0.3 is 16.6 Å². The predicted octanol–water partition coefficient (Wildman–Crippen LogP) is 0.567. The lowest BCUT2D eigenvalue weighted by Crippen LogP contribution is -2.21. The van der Waals surface area contributed by atoms with E-state index in [1.54, 1.807) is 13.0 Å². The van der Waals surface area contributed by atoms with Crippen LogP contribution in [0.15, 0.2) is 12.1 Å². The highest BCUT2D eigenvalue weighted by Crippen LogP contribution is 2.33. The van der Waals surface area contributed by atoms with E-state index in [1.165, 1.54) is 6.07 Å². The first kappa shape index (κ1) is 11.4. The molecule has 0 aromatic heterocycles. The molecule has 6 nitrogen and oxygen atoms in total. The maximum atomic E-state index is 10.6. The molecule has 82 valence electrons. The summed E-state index contributed by atoms with van der Waals surface area (Å²) in [5, 5.41) is 20.2. The van der Waals surface area contributed by atoms with Crippen molar-refractivity contribution in [1.29, 1.82) is 0 Å². The molecule has 0 bridgehead atoms. The second kappa shape index (κ2) is 4.24. The van der Waals surface area contributed by atoms with Crippen LogP contribution in [0.25, 0.3) is 0 Å². The van der Waals surface area contributed by atoms with Crippen molar-refractivity contribution in [3.8, 4) is 5.75 Å². The molecule has 0 spiro atoms. The van der Waals surface area contributed by atoms with E-state index in [4.69, 9.17) is 11.5 Å². The number of aromatic hydroxyl groups is 1. The molecular weight excluding hydrogens is 198 g/mol. The summed E-state index contributed by atoms with van der Waals surface area (Å²) >= 11 is 0. The third-order valence-electron chi connectivity index (χ3n) is 2.11. The first-order valence-corrected chi connectivity index (χ1v) is 4.41. The van der Waals surface area contributed by atoms with E-state index in [2.05, 4.69) is 0 Å². The number of nitro benzene ring substituents is 1. The maximum Gasteiger partial charge on any atom is 0.311 e. The highest BCUT2D eigenvalue weighted by Gasteiger charge is 2.20. The zero-order valence-corrected chi connectivity index (χ0v) is 8.30. The van der Waals surface area contributed by atoms with Crippen molar-refractivity contribution in [2.45, 2.75) is 13.0 Å². The van der Waals surface area contributed by atoms with Crippen molar-refractivity contribution < 1.29 is 10.0 Å². The molecule has 0 aliphatic rings. The zero-order valence-electron chi connectivity index (χ0n) is 8.30. The van der Waals surface area contributed by atoms with Crippen LogP contribution in [0.3, 0.4) is 0 Å². The molecule has 0 unspecified atom stereocenters. The van der Waals surface area contributed by atoms with Gasteiger partial charge in [-0.2, -0.15) is 0 Å². The van der Waals surface area contributed by atoms with Crippen LogP contribution >= 0.6 is 0 Å². The van der Waals surface area contributed by atoms with Gasteiger partial charge >= 0.3 is 5.69 Å². The lowest BCUT2D eigenvalue weighted by Gasteiger charge is -2.12. The Labute approximate surface area is 86.7 Å². The van der Waals surface area contributed by atoms with Gasteiger partial charge in [-0.25, -0.2) is 0 Å². The standard InChI is InChI=1S/C9H13N3O3/c1-5-2-6(7(11)4-10)9(13)8(3-5)12(14)15/h2-3,7,13H,4,10-11H2,1H3/t7-/m1/s1. The van der Waals surface area contributed by atoms with Gasteiger partial charge in [0.25, 0.3) is 0 Å². The molecule has 1 atom stereocenters. The highest BCUT2D eigenvalue weighted by molar-refractivity contribution is 5.54. The first-order chi connectivity index (χ1) is 6.97. The number of nitrogens with two attached hydrogens (primary N) is 2. The molecule has 0 aliphatic heterocycles. The van der Waals surface area contributed by atoms with E-state index in [-0.39, 0.29) is 12.2 Å². The molecular formula is C9H13N3O3. The number of benzene rings is 1. The van der Waals surface area contributed by atoms with Crippen molar-refractivity contribution in [3.63, 3.8) is 0 Å². The largest absolute Gasteiger partial charge is 0.502 e. The number of hydrogen-bond acceptors (Lipinski definition) is 5. The maximum absolute atomic E-state index is 10.6. The lowest BCUT2D eigenvalue weighted by molar-refractivity contribution is -0.386. The molecule has 6 heteroatoms. The fourth-order valence-corrected chi connectivity index (χ4v) is 1.34. The Kier molecular flexibility index (Phi) is 3.23. The Bertz CT molecular complexity index is 392. The quantitative estimate of drug-likeness (QED) is 0.499. The minimum Gasteiger partial charge on any atom is -0.502 e. The van der Waals surface area contributed by atoms with Gasteiger partial charge in [0.15, 0.2) is 5.75 Å². The Morgan fingerprint density at radius 2 is 2.20 bits per heavy atom. The Balaban J connectivity index is 3.34. The van der Waals surface area contributed by atoms with Gasteiger partial charge in [-0.15, -0.1) is 0 Å². The predicted molar refractivity (Wildman–Crippen MR) is 55.5 cm³/mol. The zero-order chi connectivity index (χ0) is 11.6. The Hall–Kier alpha value is -1.66. The van der Waals surface area contributed by atoms with Crippen LogP contribution in [0.1, 0.15) is 17.2 Å². The van der Waals surface area contributed by atoms with Gasteiger partial charge in [-0.1, -0.05) is 6.07 Å². The van der Waals surface area contributed by atoms with Crippen LogP contribution in [-0.2, 0) is 0 Å². The minimum absolute atomic E-state index is 0.119. The number of nitrogens with zero attached hydrogens (tertiary/aromatic N) is 1. The molecule has 5 N–H and O–H groups in total. The minimum atomic E-state index is -0.644. The summed E-state index contributed by atoms with van der Waals surface area (Å²) in [4.78, 5) is 9.97. The van der Waals surface area contributed by atoms with Crippen molar-refractivity contribution in [2.75, 3.05) is 6.54 Å². The number of hydrogen-bond donors (Lipinski definition) is 3. The molecule has 0 radical (unpaired) electrons. The molecule has 1 aromatic carbocycles. The molecule has 0 fully saturated rings. The molecule has 1 rings (SSSR count). The molecule has 15 heavy (non-hydrogen) atoms. The second-order valence-corrected chi connectivity index (χ2v) is 3.32. The van der Waals surface area contributed by atoms with Crippen LogP contribution in [0, 0.1) is 17.0 Å². The van der Waals surface area contributed by atoms with Crippen molar-refractivity contribution >= 4 is 5.69 Å². The Morgan fingerprint density at radius 3 is 2.67 bits per heavy atom. The van der Waals surface area contributed by atoms with E-state index in [0.29, 0.717) is 11.1 Å². The number of phenols is 1. The molecule has 0 aliphatic carbocycles. The van der Waals surface area contributed by atoms with E-state index in [1.807, 2.05) is 0 Å². The number of rotatable bonds is 3. The van der Waals surface area contributed by atoms with Gasteiger partial charge in [-0.05, 0) is 12.5 Å². The van der Waals surface area contributed by atoms with Crippen LogP contribution in [0.2, 0.25) is 0 Å². The van der Waals surface area contributed by atoms with Crippen molar-refractivity contribution in [2.24, 2.45) is 11.5 Å². The number of nitro groups is 1. The lowest BCUT2D eigenvalue weighted by atomic mass is 10.0. The first-order valence-electron chi connectivity index (χ1n) is 4.41. The summed E-state index contributed by atoms with van der Waals surface area (Å²) in [5.41, 5.74) is 11.6. The molecule has 0 amide bonds. The van der Waals surface area contributed by atoms with Crippen LogP contribution in [0.4, 0.5) is 5.69 Å². The molecule has 1 aromatic rings. The van der Waals surface area contributed by atoms with Crippen molar-refractivity contribution in [3.05, 3.63) is 33.4 Å². The summed E-state index contributed by atoms with van der Waals surface area (Å²) in [7, 11) is 0. The smallest absolute Gasteiger partial charge is 0.311 e. The van der Waals surface area contributed by atoms with E-state index in [0.717, 1.165) is 0 Å². The second-order valence-electron chi connectivity index (χ2n) is 3.32. The third-order valence-corrected chi connectivity index (χ3v) is 2.11. The summed E-state index contributed by atoms with van der Waals surface area (Å²) in [5.74, 6) is -0.399. The van der Waals surface area contributed by atoms with Crippen LogP contribution in [0.5, 0.6) is 5.75 Å². The monoisotopic (exact) mass is 211 g/mol.